The second-order valence-corrected chi connectivity index (χ2v) is 7.37. The Morgan fingerprint density at radius 2 is 1.97 bits per heavy atom. The molecule has 2 aliphatic carbocycles. The van der Waals surface area contributed by atoms with Crippen LogP contribution in [0.25, 0.3) is 0 Å². The highest BCUT2D eigenvalue weighted by molar-refractivity contribution is 5.60. The summed E-state index contributed by atoms with van der Waals surface area (Å²) in [5.74, 6) is 0.553. The molecule has 148 valence electrons. The molecule has 1 aromatic rings. The minimum atomic E-state index is -1.61. The lowest BCUT2D eigenvalue weighted by atomic mass is 9.57. The van der Waals surface area contributed by atoms with E-state index in [-0.39, 0.29) is 17.2 Å². The molecular formula is C23H24N4O2. The van der Waals surface area contributed by atoms with Crippen LogP contribution in [0.2, 0.25) is 0 Å². The quantitative estimate of drug-likeness (QED) is 0.812. The summed E-state index contributed by atoms with van der Waals surface area (Å²) in [6.07, 6.45) is 5.48. The zero-order valence-electron chi connectivity index (χ0n) is 16.7. The summed E-state index contributed by atoms with van der Waals surface area (Å²) in [5.41, 5.74) is 6.66. The van der Waals surface area contributed by atoms with Gasteiger partial charge in [0.1, 0.15) is 6.07 Å². The Labute approximate surface area is 171 Å². The van der Waals surface area contributed by atoms with Crippen molar-refractivity contribution in [3.05, 3.63) is 46.7 Å². The number of nitrogens with zero attached hydrogens (tertiary/aromatic N) is 3. The number of fused-ring (bicyclic) bond motifs is 1. The molecule has 0 aromatic heterocycles. The summed E-state index contributed by atoms with van der Waals surface area (Å²) >= 11 is 0. The molecule has 0 aliphatic heterocycles. The maximum Gasteiger partial charge on any atom is 0.191 e. The maximum absolute atomic E-state index is 10.1. The van der Waals surface area contributed by atoms with Crippen molar-refractivity contribution < 1.29 is 9.47 Å². The van der Waals surface area contributed by atoms with E-state index >= 15 is 0 Å². The van der Waals surface area contributed by atoms with Gasteiger partial charge in [0.05, 0.1) is 37.1 Å². The fraction of sp³-hybridized carbons (Fsp3) is 0.435. The van der Waals surface area contributed by atoms with Crippen LogP contribution in [0.1, 0.15) is 44.1 Å². The van der Waals surface area contributed by atoms with Gasteiger partial charge >= 0.3 is 0 Å². The van der Waals surface area contributed by atoms with Crippen LogP contribution in [-0.2, 0) is 0 Å². The van der Waals surface area contributed by atoms with E-state index in [2.05, 4.69) is 18.2 Å². The molecule has 3 rings (SSSR count). The van der Waals surface area contributed by atoms with Crippen molar-refractivity contribution in [3.63, 3.8) is 0 Å². The first kappa shape index (κ1) is 20.3. The van der Waals surface area contributed by atoms with Gasteiger partial charge in [-0.1, -0.05) is 19.1 Å². The van der Waals surface area contributed by atoms with Crippen LogP contribution >= 0.6 is 0 Å². The average Bonchev–Trinajstić information content (AvgIpc) is 2.77. The molecule has 0 bridgehead atoms. The van der Waals surface area contributed by atoms with Crippen LogP contribution in [0.4, 0.5) is 0 Å². The first-order valence-corrected chi connectivity index (χ1v) is 9.81. The molecule has 2 aliphatic rings. The Morgan fingerprint density at radius 3 is 2.59 bits per heavy atom. The van der Waals surface area contributed by atoms with E-state index in [0.717, 1.165) is 36.8 Å². The van der Waals surface area contributed by atoms with Crippen LogP contribution in [0, 0.1) is 45.3 Å². The number of allylic oxidation sites excluding steroid dienone is 4. The Morgan fingerprint density at radius 1 is 1.21 bits per heavy atom. The minimum Gasteiger partial charge on any atom is -0.493 e. The summed E-state index contributed by atoms with van der Waals surface area (Å²) in [5, 5.41) is 29.8. The van der Waals surface area contributed by atoms with E-state index in [4.69, 9.17) is 15.2 Å². The largest absolute Gasteiger partial charge is 0.493 e. The Kier molecular flexibility index (Phi) is 5.81. The highest BCUT2D eigenvalue weighted by atomic mass is 16.5. The lowest BCUT2D eigenvalue weighted by Gasteiger charge is -2.43. The van der Waals surface area contributed by atoms with E-state index < -0.39 is 11.3 Å². The number of benzene rings is 1. The average molecular weight is 388 g/mol. The van der Waals surface area contributed by atoms with Gasteiger partial charge in [0, 0.05) is 5.92 Å². The van der Waals surface area contributed by atoms with E-state index in [1.807, 2.05) is 31.2 Å². The van der Waals surface area contributed by atoms with Crippen molar-refractivity contribution in [2.45, 2.75) is 38.5 Å². The van der Waals surface area contributed by atoms with Crippen molar-refractivity contribution in [3.8, 4) is 29.7 Å². The summed E-state index contributed by atoms with van der Waals surface area (Å²) in [7, 11) is 1.56. The highest BCUT2D eigenvalue weighted by Gasteiger charge is 2.53. The molecule has 0 saturated carbocycles. The lowest BCUT2D eigenvalue weighted by molar-refractivity contribution is 0.291. The molecule has 0 amide bonds. The number of rotatable bonds is 5. The van der Waals surface area contributed by atoms with E-state index in [0.29, 0.717) is 18.1 Å². The van der Waals surface area contributed by atoms with Gasteiger partial charge in [0.15, 0.2) is 16.9 Å². The van der Waals surface area contributed by atoms with Gasteiger partial charge in [0.25, 0.3) is 0 Å². The molecule has 6 nitrogen and oxygen atoms in total. The third-order valence-corrected chi connectivity index (χ3v) is 5.81. The van der Waals surface area contributed by atoms with E-state index in [1.54, 1.807) is 7.11 Å². The van der Waals surface area contributed by atoms with Crippen molar-refractivity contribution in [1.29, 1.82) is 15.8 Å². The van der Waals surface area contributed by atoms with Crippen LogP contribution in [0.5, 0.6) is 11.5 Å². The second-order valence-electron chi connectivity index (χ2n) is 7.37. The fourth-order valence-corrected chi connectivity index (χ4v) is 4.46. The first-order valence-electron chi connectivity index (χ1n) is 9.81. The van der Waals surface area contributed by atoms with Gasteiger partial charge < -0.3 is 15.2 Å². The van der Waals surface area contributed by atoms with Crippen LogP contribution in [-0.4, -0.2) is 13.7 Å². The summed E-state index contributed by atoms with van der Waals surface area (Å²) in [4.78, 5) is 0. The molecular weight excluding hydrogens is 364 g/mol. The monoisotopic (exact) mass is 388 g/mol. The molecule has 0 fully saturated rings. The van der Waals surface area contributed by atoms with Crippen molar-refractivity contribution >= 4 is 0 Å². The molecule has 0 saturated heterocycles. The predicted molar refractivity (Wildman–Crippen MR) is 107 cm³/mol. The topological polar surface area (TPSA) is 116 Å². The van der Waals surface area contributed by atoms with Gasteiger partial charge in [-0.05, 0) is 54.9 Å². The van der Waals surface area contributed by atoms with Gasteiger partial charge in [0.2, 0.25) is 0 Å². The Balaban J connectivity index is 2.22. The van der Waals surface area contributed by atoms with Crippen molar-refractivity contribution in [2.24, 2.45) is 17.1 Å². The summed E-state index contributed by atoms with van der Waals surface area (Å²) in [6.45, 7) is 2.59. The molecule has 1 aromatic carbocycles. The zero-order valence-corrected chi connectivity index (χ0v) is 16.7. The number of nitrogens with two attached hydrogens (primary N) is 1. The van der Waals surface area contributed by atoms with Crippen LogP contribution in [0.15, 0.2) is 41.1 Å². The number of methoxy groups -OCH3 is 1. The third kappa shape index (κ3) is 3.20. The molecule has 2 N–H and O–H groups in total. The molecule has 0 heterocycles. The SMILES string of the molecule is CCCOc1ccc([C@@H]2[C@H]3CCCC=C3C(C#N)=C(N)C2(C#N)C#N)cc1OC. The van der Waals surface area contributed by atoms with Gasteiger partial charge in [-0.2, -0.15) is 15.8 Å². The number of hydrogen-bond donors (Lipinski definition) is 1. The molecule has 0 spiro atoms. The lowest BCUT2D eigenvalue weighted by Crippen LogP contribution is -2.42. The number of nitriles is 3. The third-order valence-electron chi connectivity index (χ3n) is 5.81. The van der Waals surface area contributed by atoms with Gasteiger partial charge in [-0.25, -0.2) is 0 Å². The number of ether oxygens (including phenoxy) is 2. The summed E-state index contributed by atoms with van der Waals surface area (Å²) in [6, 6.07) is 12.0. The first-order chi connectivity index (χ1) is 14.1. The fourth-order valence-electron chi connectivity index (χ4n) is 4.46. The molecule has 29 heavy (non-hydrogen) atoms. The van der Waals surface area contributed by atoms with Gasteiger partial charge in [-0.3, -0.25) is 0 Å². The maximum atomic E-state index is 10.1. The Bertz CT molecular complexity index is 974. The van der Waals surface area contributed by atoms with Crippen molar-refractivity contribution in [1.82, 2.24) is 0 Å². The predicted octanol–water partition coefficient (Wildman–Crippen LogP) is 4.08. The highest BCUT2D eigenvalue weighted by Crippen LogP contribution is 2.56. The molecule has 2 atom stereocenters. The smallest absolute Gasteiger partial charge is 0.191 e. The Hall–Kier alpha value is -3.43. The van der Waals surface area contributed by atoms with E-state index in [9.17, 15) is 15.8 Å². The standard InChI is InChI=1S/C23H24N4O2/c1-3-10-29-19-9-8-15(11-20(19)28-2)21-17-7-5-4-6-16(17)18(12-24)22(27)23(21,13-25)14-26/h6,8-9,11,17,21H,3-5,7,10,27H2,1-2H3/t17-,21+/m0/s1. The normalized spacial score (nSPS) is 22.4. The molecule has 6 heteroatoms. The minimum absolute atomic E-state index is 0.0460. The van der Waals surface area contributed by atoms with Gasteiger partial charge in [-0.15, -0.1) is 0 Å². The van der Waals surface area contributed by atoms with E-state index in [1.165, 1.54) is 0 Å². The van der Waals surface area contributed by atoms with Crippen LogP contribution in [0.3, 0.4) is 0 Å². The second kappa shape index (κ2) is 8.29. The number of hydrogen-bond acceptors (Lipinski definition) is 6. The van der Waals surface area contributed by atoms with Crippen LogP contribution < -0.4 is 15.2 Å². The van der Waals surface area contributed by atoms with Crippen molar-refractivity contribution in [2.75, 3.05) is 13.7 Å². The molecule has 0 unspecified atom stereocenters. The summed E-state index contributed by atoms with van der Waals surface area (Å²) < 4.78 is 11.3. The molecule has 0 radical (unpaired) electrons. The zero-order chi connectivity index (χ0) is 21.0.